The van der Waals surface area contributed by atoms with E-state index in [9.17, 15) is 9.59 Å². The van der Waals surface area contributed by atoms with Crippen LogP contribution in [0.5, 0.6) is 0 Å². The van der Waals surface area contributed by atoms with Crippen molar-refractivity contribution in [2.24, 2.45) is 0 Å². The second-order valence-electron chi connectivity index (χ2n) is 4.98. The van der Waals surface area contributed by atoms with Crippen LogP contribution in [0, 0.1) is 0 Å². The van der Waals surface area contributed by atoms with Gasteiger partial charge in [0.2, 0.25) is 11.8 Å². The number of carbonyl (C=O) groups is 2. The van der Waals surface area contributed by atoms with Crippen molar-refractivity contribution in [2.45, 2.75) is 12.8 Å². The number of nitrogens with zero attached hydrogens (tertiary/aromatic N) is 2. The Morgan fingerprint density at radius 2 is 1.80 bits per heavy atom. The first kappa shape index (κ1) is 11.2. The van der Waals surface area contributed by atoms with E-state index >= 15 is 0 Å². The van der Waals surface area contributed by atoms with Crippen molar-refractivity contribution in [1.82, 2.24) is 9.47 Å². The van der Waals surface area contributed by atoms with E-state index in [0.717, 1.165) is 16.5 Å². The zero-order valence-electron chi connectivity index (χ0n) is 10.7. The fourth-order valence-corrected chi connectivity index (χ4v) is 2.91. The predicted octanol–water partition coefficient (Wildman–Crippen LogP) is 2.62. The number of aromatic nitrogens is 1. The average molecular weight is 264 g/mol. The number of allylic oxidation sites excluding steroid dienone is 2. The Morgan fingerprint density at radius 3 is 2.60 bits per heavy atom. The zero-order valence-corrected chi connectivity index (χ0v) is 10.7. The van der Waals surface area contributed by atoms with Crippen molar-refractivity contribution in [3.8, 4) is 0 Å². The summed E-state index contributed by atoms with van der Waals surface area (Å²) in [4.78, 5) is 25.3. The van der Waals surface area contributed by atoms with Gasteiger partial charge in [0, 0.05) is 36.2 Å². The van der Waals surface area contributed by atoms with Gasteiger partial charge in [-0.05, 0) is 18.2 Å². The monoisotopic (exact) mass is 264 g/mol. The van der Waals surface area contributed by atoms with Crippen LogP contribution >= 0.6 is 0 Å². The molecule has 20 heavy (non-hydrogen) atoms. The van der Waals surface area contributed by atoms with Crippen LogP contribution in [-0.2, 0) is 9.59 Å². The molecule has 2 amide bonds. The summed E-state index contributed by atoms with van der Waals surface area (Å²) in [5, 5.41) is 1.10. The van der Waals surface area contributed by atoms with Crippen LogP contribution in [0.1, 0.15) is 18.4 Å². The molecule has 0 unspecified atom stereocenters. The molecule has 1 fully saturated rings. The third-order valence-corrected chi connectivity index (χ3v) is 3.81. The van der Waals surface area contributed by atoms with Crippen molar-refractivity contribution < 1.29 is 9.59 Å². The molecule has 0 bridgehead atoms. The maximum atomic E-state index is 12.0. The lowest BCUT2D eigenvalue weighted by atomic mass is 10.1. The Bertz CT molecular complexity index is 795. The Morgan fingerprint density at radius 1 is 1.00 bits per heavy atom. The topological polar surface area (TPSA) is 42.3 Å². The van der Waals surface area contributed by atoms with Crippen molar-refractivity contribution in [2.75, 3.05) is 0 Å². The molecule has 0 aliphatic carbocycles. The van der Waals surface area contributed by atoms with Crippen LogP contribution in [0.3, 0.4) is 0 Å². The highest BCUT2D eigenvalue weighted by Crippen LogP contribution is 2.33. The molecule has 0 N–H and O–H groups in total. The molecule has 1 saturated heterocycles. The number of hydrogen-bond donors (Lipinski definition) is 0. The smallest absolute Gasteiger partial charge is 0.234 e. The van der Waals surface area contributed by atoms with Gasteiger partial charge in [-0.25, -0.2) is 4.90 Å². The summed E-state index contributed by atoms with van der Waals surface area (Å²) in [6, 6.07) is 7.96. The lowest BCUT2D eigenvalue weighted by molar-refractivity contribution is -0.134. The summed E-state index contributed by atoms with van der Waals surface area (Å²) < 4.78 is 2.01. The second kappa shape index (κ2) is 3.93. The summed E-state index contributed by atoms with van der Waals surface area (Å²) in [7, 11) is 0. The fraction of sp³-hybridized carbons (Fsp3) is 0.125. The van der Waals surface area contributed by atoms with E-state index in [1.165, 1.54) is 4.90 Å². The zero-order chi connectivity index (χ0) is 13.7. The van der Waals surface area contributed by atoms with E-state index in [1.54, 1.807) is 0 Å². The van der Waals surface area contributed by atoms with Crippen LogP contribution in [0.25, 0.3) is 22.8 Å². The van der Waals surface area contributed by atoms with Gasteiger partial charge in [-0.2, -0.15) is 0 Å². The van der Waals surface area contributed by atoms with Crippen LogP contribution in [0.15, 0.2) is 42.6 Å². The second-order valence-corrected chi connectivity index (χ2v) is 4.98. The first-order valence-corrected chi connectivity index (χ1v) is 6.60. The molecule has 0 radical (unpaired) electrons. The van der Waals surface area contributed by atoms with Gasteiger partial charge in [0.1, 0.15) is 0 Å². The van der Waals surface area contributed by atoms with Crippen LogP contribution in [-0.4, -0.2) is 21.3 Å². The largest absolute Gasteiger partial charge is 0.323 e. The van der Waals surface area contributed by atoms with Gasteiger partial charge in [0.05, 0.1) is 11.2 Å². The molecule has 3 heterocycles. The summed E-state index contributed by atoms with van der Waals surface area (Å²) in [6.07, 6.45) is 8.23. The molecule has 0 atom stereocenters. The van der Waals surface area contributed by atoms with Crippen LogP contribution in [0.2, 0.25) is 0 Å². The van der Waals surface area contributed by atoms with Gasteiger partial charge < -0.3 is 4.57 Å². The highest BCUT2D eigenvalue weighted by molar-refractivity contribution is 6.11. The third-order valence-electron chi connectivity index (χ3n) is 3.81. The van der Waals surface area contributed by atoms with E-state index in [2.05, 4.69) is 0 Å². The SMILES string of the molecule is O=C1CCC(=O)N1C1=CC=Cn2ccc3cccc1c32. The average Bonchev–Trinajstić information content (AvgIpc) is 2.94. The molecule has 4 heteroatoms. The number of benzene rings is 1. The maximum Gasteiger partial charge on any atom is 0.234 e. The minimum absolute atomic E-state index is 0.119. The molecular weight excluding hydrogens is 252 g/mol. The highest BCUT2D eigenvalue weighted by atomic mass is 16.2. The molecule has 4 nitrogen and oxygen atoms in total. The Labute approximate surface area is 115 Å². The van der Waals surface area contributed by atoms with E-state index in [4.69, 9.17) is 0 Å². The van der Waals surface area contributed by atoms with E-state index in [1.807, 2.05) is 53.4 Å². The van der Waals surface area contributed by atoms with Gasteiger partial charge >= 0.3 is 0 Å². The Hall–Kier alpha value is -2.62. The standard InChI is InChI=1S/C16H12N2O2/c19-14-6-7-15(20)18(14)13-5-2-9-17-10-8-11-3-1-4-12(13)16(11)17/h1-5,8-10H,6-7H2. The summed E-state index contributed by atoms with van der Waals surface area (Å²) in [5.41, 5.74) is 2.62. The van der Waals surface area contributed by atoms with Gasteiger partial charge in [-0.1, -0.05) is 18.2 Å². The van der Waals surface area contributed by atoms with Gasteiger partial charge in [-0.3, -0.25) is 9.59 Å². The van der Waals surface area contributed by atoms with E-state index in [-0.39, 0.29) is 11.8 Å². The van der Waals surface area contributed by atoms with Gasteiger partial charge in [0.15, 0.2) is 0 Å². The molecule has 1 aromatic heterocycles. The number of imide groups is 1. The first-order valence-electron chi connectivity index (χ1n) is 6.60. The molecule has 4 rings (SSSR count). The van der Waals surface area contributed by atoms with Crippen LogP contribution in [0.4, 0.5) is 0 Å². The van der Waals surface area contributed by atoms with Crippen LogP contribution < -0.4 is 0 Å². The molecule has 0 spiro atoms. The molecule has 2 aliphatic heterocycles. The summed E-state index contributed by atoms with van der Waals surface area (Å²) >= 11 is 0. The lowest BCUT2D eigenvalue weighted by Gasteiger charge is -2.18. The molecule has 2 aromatic rings. The lowest BCUT2D eigenvalue weighted by Crippen LogP contribution is -2.27. The number of likely N-dealkylation sites (tertiary alicyclic amines) is 1. The predicted molar refractivity (Wildman–Crippen MR) is 76.3 cm³/mol. The molecule has 1 aromatic carbocycles. The fourth-order valence-electron chi connectivity index (χ4n) is 2.91. The molecular formula is C16H12N2O2. The third kappa shape index (κ3) is 1.42. The minimum Gasteiger partial charge on any atom is -0.323 e. The van der Waals surface area contributed by atoms with E-state index < -0.39 is 0 Å². The number of para-hydroxylation sites is 1. The summed E-state index contributed by atoms with van der Waals surface area (Å²) in [6.45, 7) is 0. The first-order chi connectivity index (χ1) is 9.75. The number of rotatable bonds is 1. The van der Waals surface area contributed by atoms with Gasteiger partial charge in [0.25, 0.3) is 0 Å². The van der Waals surface area contributed by atoms with Crippen molar-refractivity contribution in [3.63, 3.8) is 0 Å². The molecule has 0 saturated carbocycles. The number of carbonyl (C=O) groups excluding carboxylic acids is 2. The summed E-state index contributed by atoms with van der Waals surface area (Å²) in [5.74, 6) is -0.238. The van der Waals surface area contributed by atoms with Crippen molar-refractivity contribution >= 4 is 34.6 Å². The quantitative estimate of drug-likeness (QED) is 0.743. The van der Waals surface area contributed by atoms with Crippen molar-refractivity contribution in [3.05, 3.63) is 48.2 Å². The minimum atomic E-state index is -0.119. The Balaban J connectivity index is 1.99. The van der Waals surface area contributed by atoms with Gasteiger partial charge in [-0.15, -0.1) is 0 Å². The number of hydrogen-bond acceptors (Lipinski definition) is 2. The number of amides is 2. The highest BCUT2D eigenvalue weighted by Gasteiger charge is 2.33. The maximum absolute atomic E-state index is 12.0. The normalized spacial score (nSPS) is 17.8. The van der Waals surface area contributed by atoms with E-state index in [0.29, 0.717) is 18.5 Å². The molecule has 98 valence electrons. The van der Waals surface area contributed by atoms with Crippen molar-refractivity contribution in [1.29, 1.82) is 0 Å². The Kier molecular flexibility index (Phi) is 2.21. The molecule has 2 aliphatic rings.